The molecule has 1 aliphatic carbocycles. The van der Waals surface area contributed by atoms with Crippen LogP contribution in [0.3, 0.4) is 0 Å². The first kappa shape index (κ1) is 12.4. The molecule has 0 aromatic rings. The van der Waals surface area contributed by atoms with E-state index in [9.17, 15) is 4.79 Å². The first-order valence-electron chi connectivity index (χ1n) is 6.58. The number of nitrogens with zero attached hydrogens (tertiary/aromatic N) is 2. The van der Waals surface area contributed by atoms with Gasteiger partial charge in [0.1, 0.15) is 6.54 Å². The monoisotopic (exact) mass is 236 g/mol. The molecule has 2 rings (SSSR count). The van der Waals surface area contributed by atoms with E-state index in [1.807, 2.05) is 4.90 Å². The van der Waals surface area contributed by atoms with E-state index in [1.54, 1.807) is 0 Å². The molecule has 0 atom stereocenters. The molecule has 2 aliphatic rings. The van der Waals surface area contributed by atoms with Crippen molar-refractivity contribution in [1.29, 1.82) is 5.26 Å². The number of amides is 1. The zero-order valence-electron chi connectivity index (χ0n) is 10.2. The van der Waals surface area contributed by atoms with Crippen LogP contribution in [0.5, 0.6) is 0 Å². The smallest absolute Gasteiger partial charge is 0.226 e. The first-order valence-corrected chi connectivity index (χ1v) is 6.58. The molecule has 0 N–H and O–H groups in total. The Balaban J connectivity index is 1.98. The summed E-state index contributed by atoms with van der Waals surface area (Å²) < 4.78 is 5.28. The first-order chi connectivity index (χ1) is 8.33. The number of hydrogen-bond acceptors (Lipinski definition) is 3. The van der Waals surface area contributed by atoms with Crippen molar-refractivity contribution in [1.82, 2.24) is 4.90 Å². The fourth-order valence-corrected chi connectivity index (χ4v) is 2.86. The molecule has 0 aromatic heterocycles. The molecule has 1 aliphatic heterocycles. The summed E-state index contributed by atoms with van der Waals surface area (Å²) in [4.78, 5) is 14.2. The van der Waals surface area contributed by atoms with Gasteiger partial charge in [-0.2, -0.15) is 5.26 Å². The molecule has 1 heterocycles. The van der Waals surface area contributed by atoms with E-state index in [0.29, 0.717) is 19.3 Å². The van der Waals surface area contributed by atoms with E-state index in [1.165, 1.54) is 12.8 Å². The number of carbonyl (C=O) groups is 1. The molecule has 4 heteroatoms. The maximum atomic E-state index is 12.4. The molecule has 1 saturated carbocycles. The van der Waals surface area contributed by atoms with Crippen molar-refractivity contribution in [3.63, 3.8) is 0 Å². The van der Waals surface area contributed by atoms with Crippen LogP contribution >= 0.6 is 0 Å². The van der Waals surface area contributed by atoms with Gasteiger partial charge in [0.25, 0.3) is 0 Å². The van der Waals surface area contributed by atoms with E-state index in [0.717, 1.165) is 25.7 Å². The van der Waals surface area contributed by atoms with Gasteiger partial charge in [-0.25, -0.2) is 0 Å². The Hall–Kier alpha value is -1.08. The highest BCUT2D eigenvalue weighted by Crippen LogP contribution is 2.26. The van der Waals surface area contributed by atoms with Crippen LogP contribution in [0.2, 0.25) is 0 Å². The van der Waals surface area contributed by atoms with Crippen LogP contribution in [0.1, 0.15) is 38.5 Å². The van der Waals surface area contributed by atoms with Crippen LogP contribution in [0, 0.1) is 17.2 Å². The molecule has 0 aromatic carbocycles. The molecule has 0 bridgehead atoms. The second-order valence-electron chi connectivity index (χ2n) is 4.95. The van der Waals surface area contributed by atoms with Gasteiger partial charge < -0.3 is 9.64 Å². The van der Waals surface area contributed by atoms with Gasteiger partial charge in [-0.3, -0.25) is 4.79 Å². The number of carbonyl (C=O) groups excluding carboxylic acids is 1. The van der Waals surface area contributed by atoms with Crippen molar-refractivity contribution in [3.05, 3.63) is 0 Å². The summed E-state index contributed by atoms with van der Waals surface area (Å²) in [6.07, 6.45) is 6.13. The Morgan fingerprint density at radius 3 is 2.47 bits per heavy atom. The highest BCUT2D eigenvalue weighted by atomic mass is 16.5. The quantitative estimate of drug-likeness (QED) is 0.701. The van der Waals surface area contributed by atoms with E-state index in [-0.39, 0.29) is 18.4 Å². The Bertz CT molecular complexity index is 299. The van der Waals surface area contributed by atoms with Gasteiger partial charge in [-0.05, 0) is 25.7 Å². The number of ether oxygens (including phenoxy) is 1. The van der Waals surface area contributed by atoms with Gasteiger partial charge in [0, 0.05) is 25.2 Å². The third kappa shape index (κ3) is 2.98. The lowest BCUT2D eigenvalue weighted by atomic mass is 9.97. The number of hydrogen-bond donors (Lipinski definition) is 0. The predicted molar refractivity (Wildman–Crippen MR) is 63.1 cm³/mol. The van der Waals surface area contributed by atoms with E-state index in [4.69, 9.17) is 10.00 Å². The molecule has 0 spiro atoms. The SMILES string of the molecule is N#CCN(C(=O)C1CCOCC1)C1CCCC1. The molecule has 2 fully saturated rings. The second kappa shape index (κ2) is 6.02. The minimum atomic E-state index is 0.0812. The van der Waals surface area contributed by atoms with Gasteiger partial charge >= 0.3 is 0 Å². The van der Waals surface area contributed by atoms with Gasteiger partial charge in [0.15, 0.2) is 0 Å². The molecule has 1 saturated heterocycles. The Morgan fingerprint density at radius 1 is 1.24 bits per heavy atom. The second-order valence-corrected chi connectivity index (χ2v) is 4.95. The molecule has 0 radical (unpaired) electrons. The van der Waals surface area contributed by atoms with Crippen molar-refractivity contribution in [2.75, 3.05) is 19.8 Å². The fraction of sp³-hybridized carbons (Fsp3) is 0.846. The minimum absolute atomic E-state index is 0.0812. The maximum Gasteiger partial charge on any atom is 0.226 e. The zero-order valence-corrected chi connectivity index (χ0v) is 10.2. The van der Waals surface area contributed by atoms with E-state index >= 15 is 0 Å². The van der Waals surface area contributed by atoms with E-state index in [2.05, 4.69) is 6.07 Å². The molecule has 1 amide bonds. The highest BCUT2D eigenvalue weighted by Gasteiger charge is 2.31. The van der Waals surface area contributed by atoms with Crippen molar-refractivity contribution >= 4 is 5.91 Å². The third-order valence-corrected chi connectivity index (χ3v) is 3.86. The van der Waals surface area contributed by atoms with Gasteiger partial charge in [-0.15, -0.1) is 0 Å². The van der Waals surface area contributed by atoms with Gasteiger partial charge in [0.05, 0.1) is 6.07 Å². The highest BCUT2D eigenvalue weighted by molar-refractivity contribution is 5.79. The molecule has 0 unspecified atom stereocenters. The van der Waals surface area contributed by atoms with Crippen molar-refractivity contribution in [2.24, 2.45) is 5.92 Å². The molecule has 17 heavy (non-hydrogen) atoms. The molecular weight excluding hydrogens is 216 g/mol. The fourth-order valence-electron chi connectivity index (χ4n) is 2.86. The largest absolute Gasteiger partial charge is 0.381 e. The summed E-state index contributed by atoms with van der Waals surface area (Å²) in [5.41, 5.74) is 0. The van der Waals surface area contributed by atoms with Crippen LogP contribution in [-0.2, 0) is 9.53 Å². The summed E-state index contributed by atoms with van der Waals surface area (Å²) in [6.45, 7) is 1.61. The summed E-state index contributed by atoms with van der Waals surface area (Å²) in [5, 5.41) is 8.88. The Labute approximate surface area is 103 Å². The predicted octanol–water partition coefficient (Wildman–Crippen LogP) is 1.71. The number of nitriles is 1. The van der Waals surface area contributed by atoms with Gasteiger partial charge in [0.2, 0.25) is 5.91 Å². The average Bonchev–Trinajstić information content (AvgIpc) is 2.90. The summed E-state index contributed by atoms with van der Waals surface area (Å²) in [5.74, 6) is 0.263. The van der Waals surface area contributed by atoms with Crippen molar-refractivity contribution in [3.8, 4) is 6.07 Å². The third-order valence-electron chi connectivity index (χ3n) is 3.86. The minimum Gasteiger partial charge on any atom is -0.381 e. The lowest BCUT2D eigenvalue weighted by Gasteiger charge is -2.31. The molecular formula is C13H20N2O2. The lowest BCUT2D eigenvalue weighted by Crippen LogP contribution is -2.44. The normalized spacial score (nSPS) is 22.3. The standard InChI is InChI=1S/C13H20N2O2/c14-7-8-15(12-3-1-2-4-12)13(16)11-5-9-17-10-6-11/h11-12H,1-6,8-10H2. The summed E-state index contributed by atoms with van der Waals surface area (Å²) in [6, 6.07) is 2.45. The molecule has 94 valence electrons. The van der Waals surface area contributed by atoms with E-state index < -0.39 is 0 Å². The maximum absolute atomic E-state index is 12.4. The molecule has 4 nitrogen and oxygen atoms in total. The van der Waals surface area contributed by atoms with Crippen molar-refractivity contribution < 1.29 is 9.53 Å². The Kier molecular flexibility index (Phi) is 4.38. The van der Waals surface area contributed by atoms with Crippen LogP contribution in [0.15, 0.2) is 0 Å². The van der Waals surface area contributed by atoms with Crippen LogP contribution in [0.4, 0.5) is 0 Å². The topological polar surface area (TPSA) is 53.3 Å². The van der Waals surface area contributed by atoms with Crippen LogP contribution in [-0.4, -0.2) is 36.6 Å². The average molecular weight is 236 g/mol. The van der Waals surface area contributed by atoms with Gasteiger partial charge in [-0.1, -0.05) is 12.8 Å². The van der Waals surface area contributed by atoms with Crippen molar-refractivity contribution in [2.45, 2.75) is 44.6 Å². The zero-order chi connectivity index (χ0) is 12.1. The summed E-state index contributed by atoms with van der Waals surface area (Å²) >= 11 is 0. The number of rotatable bonds is 3. The summed E-state index contributed by atoms with van der Waals surface area (Å²) in [7, 11) is 0. The van der Waals surface area contributed by atoms with Crippen LogP contribution < -0.4 is 0 Å². The van der Waals surface area contributed by atoms with Crippen LogP contribution in [0.25, 0.3) is 0 Å². The lowest BCUT2D eigenvalue weighted by molar-refractivity contribution is -0.140. The Morgan fingerprint density at radius 2 is 1.88 bits per heavy atom.